The Kier molecular flexibility index (Phi) is 3.41. The molecule has 1 heterocycles. The molecule has 2 atom stereocenters. The van der Waals surface area contributed by atoms with Crippen LogP contribution in [0, 0.1) is 18.3 Å². The fraction of sp³-hybridized carbons (Fsp3) is 0.714. The lowest BCUT2D eigenvalue weighted by Crippen LogP contribution is -2.32. The zero-order valence-corrected chi connectivity index (χ0v) is 11.3. The summed E-state index contributed by atoms with van der Waals surface area (Å²) in [5, 5.41) is 10.5. The Balaban J connectivity index is 2.17. The van der Waals surface area contributed by atoms with Crippen LogP contribution in [0.2, 0.25) is 0 Å². The standard InChI is InChI=1S/C14H22OS/c1-10-7-8-12(16-10)13(15)11-6-4-5-9-14(11,2)3/h7-8,11,13,15H,4-6,9H2,1-3H3. The van der Waals surface area contributed by atoms with Gasteiger partial charge in [0.05, 0.1) is 6.10 Å². The van der Waals surface area contributed by atoms with Crippen LogP contribution in [0.4, 0.5) is 0 Å². The van der Waals surface area contributed by atoms with Gasteiger partial charge in [0.2, 0.25) is 0 Å². The van der Waals surface area contributed by atoms with E-state index in [-0.39, 0.29) is 11.5 Å². The van der Waals surface area contributed by atoms with Crippen molar-refractivity contribution in [2.75, 3.05) is 0 Å². The maximum Gasteiger partial charge on any atom is 0.0915 e. The van der Waals surface area contributed by atoms with Gasteiger partial charge in [-0.15, -0.1) is 11.3 Å². The maximum atomic E-state index is 10.5. The van der Waals surface area contributed by atoms with Crippen molar-refractivity contribution in [3.8, 4) is 0 Å². The molecule has 2 unspecified atom stereocenters. The molecule has 1 saturated carbocycles. The number of hydrogen-bond acceptors (Lipinski definition) is 2. The highest BCUT2D eigenvalue weighted by atomic mass is 32.1. The summed E-state index contributed by atoms with van der Waals surface area (Å²) < 4.78 is 0. The van der Waals surface area contributed by atoms with Crippen molar-refractivity contribution in [3.05, 3.63) is 21.9 Å². The quantitative estimate of drug-likeness (QED) is 0.814. The van der Waals surface area contributed by atoms with Gasteiger partial charge in [0.15, 0.2) is 0 Å². The first-order chi connectivity index (χ1) is 7.50. The fourth-order valence-electron chi connectivity index (χ4n) is 2.92. The molecular weight excluding hydrogens is 216 g/mol. The fourth-order valence-corrected chi connectivity index (χ4v) is 3.85. The van der Waals surface area contributed by atoms with E-state index in [1.54, 1.807) is 11.3 Å². The van der Waals surface area contributed by atoms with Crippen LogP contribution < -0.4 is 0 Å². The molecule has 0 spiro atoms. The third-order valence-electron chi connectivity index (χ3n) is 4.02. The lowest BCUT2D eigenvalue weighted by Gasteiger charge is -2.41. The van der Waals surface area contributed by atoms with Crippen molar-refractivity contribution in [3.63, 3.8) is 0 Å². The van der Waals surface area contributed by atoms with Gasteiger partial charge >= 0.3 is 0 Å². The van der Waals surface area contributed by atoms with Gasteiger partial charge < -0.3 is 5.11 Å². The van der Waals surface area contributed by atoms with Crippen LogP contribution in [0.1, 0.15) is 55.4 Å². The van der Waals surface area contributed by atoms with Crippen molar-refractivity contribution in [1.29, 1.82) is 0 Å². The second kappa shape index (κ2) is 4.50. The van der Waals surface area contributed by atoms with Crippen LogP contribution in [0.3, 0.4) is 0 Å². The number of hydrogen-bond donors (Lipinski definition) is 1. The number of aliphatic hydroxyl groups excluding tert-OH is 1. The van der Waals surface area contributed by atoms with Crippen molar-refractivity contribution < 1.29 is 5.11 Å². The van der Waals surface area contributed by atoms with Crippen molar-refractivity contribution in [2.24, 2.45) is 11.3 Å². The van der Waals surface area contributed by atoms with E-state index in [0.29, 0.717) is 5.92 Å². The van der Waals surface area contributed by atoms with Crippen LogP contribution in [-0.4, -0.2) is 5.11 Å². The highest BCUT2D eigenvalue weighted by molar-refractivity contribution is 7.12. The molecule has 90 valence electrons. The first-order valence-corrected chi connectivity index (χ1v) is 7.07. The average molecular weight is 238 g/mol. The van der Waals surface area contributed by atoms with Gasteiger partial charge in [-0.2, -0.15) is 0 Å². The van der Waals surface area contributed by atoms with E-state index >= 15 is 0 Å². The molecule has 1 aliphatic rings. The van der Waals surface area contributed by atoms with Crippen LogP contribution in [0.25, 0.3) is 0 Å². The van der Waals surface area contributed by atoms with Gasteiger partial charge in [-0.1, -0.05) is 26.7 Å². The van der Waals surface area contributed by atoms with E-state index < -0.39 is 0 Å². The van der Waals surface area contributed by atoms with E-state index in [4.69, 9.17) is 0 Å². The second-order valence-electron chi connectivity index (χ2n) is 5.73. The zero-order valence-electron chi connectivity index (χ0n) is 10.5. The van der Waals surface area contributed by atoms with Crippen molar-refractivity contribution in [2.45, 2.75) is 52.6 Å². The largest absolute Gasteiger partial charge is 0.387 e. The van der Waals surface area contributed by atoms with Crippen LogP contribution in [0.5, 0.6) is 0 Å². The highest BCUT2D eigenvalue weighted by Gasteiger charge is 2.37. The Hall–Kier alpha value is -0.340. The highest BCUT2D eigenvalue weighted by Crippen LogP contribution is 2.47. The van der Waals surface area contributed by atoms with Gasteiger partial charge in [0.25, 0.3) is 0 Å². The Bertz CT molecular complexity index is 353. The molecule has 1 aromatic heterocycles. The molecule has 0 saturated heterocycles. The summed E-state index contributed by atoms with van der Waals surface area (Å²) in [7, 11) is 0. The zero-order chi connectivity index (χ0) is 11.8. The van der Waals surface area contributed by atoms with Crippen LogP contribution in [-0.2, 0) is 0 Å². The molecule has 0 aromatic carbocycles. The predicted octanol–water partition coefficient (Wildman–Crippen LogP) is 4.31. The van der Waals surface area contributed by atoms with E-state index in [1.807, 2.05) is 0 Å². The number of thiophene rings is 1. The molecule has 2 heteroatoms. The first kappa shape index (κ1) is 12.1. The van der Waals surface area contributed by atoms with Crippen molar-refractivity contribution in [1.82, 2.24) is 0 Å². The van der Waals surface area contributed by atoms with Gasteiger partial charge in [0, 0.05) is 9.75 Å². The average Bonchev–Trinajstić information content (AvgIpc) is 2.63. The molecule has 2 rings (SSSR count). The van der Waals surface area contributed by atoms with Crippen LogP contribution in [0.15, 0.2) is 12.1 Å². The van der Waals surface area contributed by atoms with E-state index in [1.165, 1.54) is 30.6 Å². The lowest BCUT2D eigenvalue weighted by molar-refractivity contribution is 0.00589. The Labute approximate surface area is 103 Å². The number of aliphatic hydroxyl groups is 1. The number of rotatable bonds is 2. The summed E-state index contributed by atoms with van der Waals surface area (Å²) in [5.41, 5.74) is 0.287. The molecule has 1 N–H and O–H groups in total. The minimum absolute atomic E-state index is 0.256. The number of aryl methyl sites for hydroxylation is 1. The Morgan fingerprint density at radius 2 is 2.12 bits per heavy atom. The summed E-state index contributed by atoms with van der Waals surface area (Å²) in [6.07, 6.45) is 4.76. The van der Waals surface area contributed by atoms with Gasteiger partial charge in [-0.05, 0) is 43.2 Å². The minimum atomic E-state index is -0.256. The monoisotopic (exact) mass is 238 g/mol. The van der Waals surface area contributed by atoms with Crippen molar-refractivity contribution >= 4 is 11.3 Å². The summed E-state index contributed by atoms with van der Waals surface area (Å²) in [4.78, 5) is 2.44. The van der Waals surface area contributed by atoms with Gasteiger partial charge in [0.1, 0.15) is 0 Å². The normalized spacial score (nSPS) is 26.6. The van der Waals surface area contributed by atoms with Gasteiger partial charge in [-0.25, -0.2) is 0 Å². The first-order valence-electron chi connectivity index (χ1n) is 6.25. The molecule has 1 aliphatic carbocycles. The molecule has 0 radical (unpaired) electrons. The SMILES string of the molecule is Cc1ccc(C(O)C2CCCCC2(C)C)s1. The van der Waals surface area contributed by atoms with E-state index in [9.17, 15) is 5.11 Å². The molecule has 0 aliphatic heterocycles. The van der Waals surface area contributed by atoms with Gasteiger partial charge in [-0.3, -0.25) is 0 Å². The minimum Gasteiger partial charge on any atom is -0.387 e. The molecule has 16 heavy (non-hydrogen) atoms. The van der Waals surface area contributed by atoms with Crippen LogP contribution >= 0.6 is 11.3 Å². The summed E-state index contributed by atoms with van der Waals surface area (Å²) in [6.45, 7) is 6.72. The summed E-state index contributed by atoms with van der Waals surface area (Å²) >= 11 is 1.74. The third kappa shape index (κ3) is 2.33. The topological polar surface area (TPSA) is 20.2 Å². The Morgan fingerprint density at radius 1 is 1.38 bits per heavy atom. The second-order valence-corrected chi connectivity index (χ2v) is 7.05. The molecule has 1 nitrogen and oxygen atoms in total. The predicted molar refractivity (Wildman–Crippen MR) is 69.8 cm³/mol. The smallest absolute Gasteiger partial charge is 0.0915 e. The Morgan fingerprint density at radius 3 is 2.69 bits per heavy atom. The van der Waals surface area contributed by atoms with E-state index in [2.05, 4.69) is 32.9 Å². The molecular formula is C14H22OS. The molecule has 1 aromatic rings. The van der Waals surface area contributed by atoms with E-state index in [0.717, 1.165) is 4.88 Å². The third-order valence-corrected chi connectivity index (χ3v) is 5.10. The molecule has 1 fully saturated rings. The summed E-state index contributed by atoms with van der Waals surface area (Å²) in [6, 6.07) is 4.20. The lowest BCUT2D eigenvalue weighted by atomic mass is 9.66. The molecule has 0 amide bonds. The molecule has 0 bridgehead atoms. The summed E-state index contributed by atoms with van der Waals surface area (Å²) in [5.74, 6) is 0.430. The maximum absolute atomic E-state index is 10.5.